The molecule has 1 aromatic rings. The van der Waals surface area contributed by atoms with Crippen molar-refractivity contribution < 1.29 is 18.6 Å². The van der Waals surface area contributed by atoms with Crippen molar-refractivity contribution in [3.8, 4) is 0 Å². The average molecular weight is 258 g/mol. The molecule has 0 unspecified atom stereocenters. The molecule has 4 nitrogen and oxygen atoms in total. The smallest absolute Gasteiger partial charge is 0.180 e. The fraction of sp³-hybridized carbons (Fsp3) is 0.500. The topological polar surface area (TPSA) is 74.6 Å². The number of aliphatic hydroxyl groups excluding tert-OH is 2. The first kappa shape index (κ1) is 14.2. The molecule has 0 fully saturated rings. The molecule has 0 heterocycles. The number of hydrogen-bond acceptors (Lipinski definition) is 4. The molecule has 0 saturated heterocycles. The molecule has 0 aliphatic heterocycles. The largest absolute Gasteiger partial charge is 0.394 e. The lowest BCUT2D eigenvalue weighted by Crippen LogP contribution is -2.24. The van der Waals surface area contributed by atoms with Gasteiger partial charge in [0.05, 0.1) is 23.4 Å². The molecule has 0 amide bonds. The van der Waals surface area contributed by atoms with Gasteiger partial charge in [-0.15, -0.1) is 0 Å². The molecule has 1 atom stereocenters. The van der Waals surface area contributed by atoms with Crippen molar-refractivity contribution in [2.45, 2.75) is 30.8 Å². The lowest BCUT2D eigenvalue weighted by molar-refractivity contribution is 0.112. The summed E-state index contributed by atoms with van der Waals surface area (Å²) in [5.74, 6) is -0.111. The lowest BCUT2D eigenvalue weighted by Gasteiger charge is -2.10. The van der Waals surface area contributed by atoms with E-state index in [0.717, 1.165) is 5.56 Å². The van der Waals surface area contributed by atoms with E-state index in [1.807, 2.05) is 13.8 Å². The van der Waals surface area contributed by atoms with Gasteiger partial charge in [-0.2, -0.15) is 0 Å². The summed E-state index contributed by atoms with van der Waals surface area (Å²) in [4.78, 5) is 0.175. The van der Waals surface area contributed by atoms with E-state index in [0.29, 0.717) is 5.92 Å². The first-order valence-corrected chi connectivity index (χ1v) is 7.13. The van der Waals surface area contributed by atoms with E-state index in [-0.39, 0.29) is 4.90 Å². The Kier molecular flexibility index (Phi) is 4.68. The van der Waals surface area contributed by atoms with E-state index in [9.17, 15) is 8.42 Å². The molecule has 1 rings (SSSR count). The van der Waals surface area contributed by atoms with E-state index in [2.05, 4.69) is 0 Å². The molecule has 96 valence electrons. The van der Waals surface area contributed by atoms with Crippen molar-refractivity contribution in [3.05, 3.63) is 29.8 Å². The summed E-state index contributed by atoms with van der Waals surface area (Å²) < 4.78 is 23.6. The molecule has 0 saturated carbocycles. The Hall–Kier alpha value is -0.910. The maximum absolute atomic E-state index is 11.8. The van der Waals surface area contributed by atoms with Gasteiger partial charge in [-0.1, -0.05) is 26.0 Å². The van der Waals surface area contributed by atoms with Gasteiger partial charge < -0.3 is 10.2 Å². The minimum Gasteiger partial charge on any atom is -0.394 e. The van der Waals surface area contributed by atoms with Gasteiger partial charge in [0, 0.05) is 0 Å². The van der Waals surface area contributed by atoms with Crippen LogP contribution in [0.2, 0.25) is 0 Å². The maximum atomic E-state index is 11.8. The SMILES string of the molecule is CC(C)c1ccc(S(=O)(=O)C[C@@H](O)CO)cc1. The van der Waals surface area contributed by atoms with Crippen LogP contribution in [-0.4, -0.2) is 37.1 Å². The predicted molar refractivity (Wildman–Crippen MR) is 65.7 cm³/mol. The van der Waals surface area contributed by atoms with Crippen LogP contribution in [0, 0.1) is 0 Å². The summed E-state index contributed by atoms with van der Waals surface area (Å²) in [6.07, 6.45) is -1.23. The van der Waals surface area contributed by atoms with Gasteiger partial charge in [-0.05, 0) is 23.6 Å². The summed E-state index contributed by atoms with van der Waals surface area (Å²) in [5, 5.41) is 17.8. The van der Waals surface area contributed by atoms with Crippen LogP contribution >= 0.6 is 0 Å². The lowest BCUT2D eigenvalue weighted by atomic mass is 10.0. The third kappa shape index (κ3) is 3.80. The van der Waals surface area contributed by atoms with Gasteiger partial charge in [-0.25, -0.2) is 8.42 Å². The minimum absolute atomic E-state index is 0.175. The Morgan fingerprint density at radius 1 is 1.18 bits per heavy atom. The zero-order valence-corrected chi connectivity index (χ0v) is 10.8. The summed E-state index contributed by atoms with van der Waals surface area (Å²) in [5.41, 5.74) is 1.06. The van der Waals surface area contributed by atoms with E-state index in [1.54, 1.807) is 12.1 Å². The van der Waals surface area contributed by atoms with Gasteiger partial charge in [-0.3, -0.25) is 0 Å². The van der Waals surface area contributed by atoms with Crippen LogP contribution in [0.5, 0.6) is 0 Å². The molecular formula is C12H18O4S. The maximum Gasteiger partial charge on any atom is 0.180 e. The van der Waals surface area contributed by atoms with Crippen molar-refractivity contribution >= 4 is 9.84 Å². The van der Waals surface area contributed by atoms with Gasteiger partial charge in [0.1, 0.15) is 0 Å². The number of sulfone groups is 1. The standard InChI is InChI=1S/C12H18O4S/c1-9(2)10-3-5-12(6-4-10)17(15,16)8-11(14)7-13/h3-6,9,11,13-14H,7-8H2,1-2H3/t11-/m0/s1. The fourth-order valence-corrected chi connectivity index (χ4v) is 2.82. The Balaban J connectivity index is 2.92. The molecule has 2 N–H and O–H groups in total. The monoisotopic (exact) mass is 258 g/mol. The van der Waals surface area contributed by atoms with E-state index < -0.39 is 28.3 Å². The molecule has 5 heteroatoms. The highest BCUT2D eigenvalue weighted by Crippen LogP contribution is 2.18. The highest BCUT2D eigenvalue weighted by molar-refractivity contribution is 7.91. The highest BCUT2D eigenvalue weighted by atomic mass is 32.2. The summed E-state index contributed by atoms with van der Waals surface area (Å²) in [7, 11) is -3.52. The first-order valence-electron chi connectivity index (χ1n) is 5.48. The van der Waals surface area contributed by atoms with Gasteiger partial charge in [0.2, 0.25) is 0 Å². The van der Waals surface area contributed by atoms with Crippen molar-refractivity contribution in [2.75, 3.05) is 12.4 Å². The predicted octanol–water partition coefficient (Wildman–Crippen LogP) is 0.937. The Labute approximate surface area is 102 Å². The molecular weight excluding hydrogens is 240 g/mol. The van der Waals surface area contributed by atoms with E-state index in [4.69, 9.17) is 10.2 Å². The third-order valence-corrected chi connectivity index (χ3v) is 4.34. The van der Waals surface area contributed by atoms with Crippen molar-refractivity contribution in [2.24, 2.45) is 0 Å². The van der Waals surface area contributed by atoms with Gasteiger partial charge in [0.15, 0.2) is 9.84 Å². The molecule has 0 spiro atoms. The van der Waals surface area contributed by atoms with Crippen LogP contribution in [0.4, 0.5) is 0 Å². The molecule has 0 aliphatic carbocycles. The number of benzene rings is 1. The molecule has 0 aromatic heterocycles. The highest BCUT2D eigenvalue weighted by Gasteiger charge is 2.19. The average Bonchev–Trinajstić information content (AvgIpc) is 2.28. The van der Waals surface area contributed by atoms with Gasteiger partial charge >= 0.3 is 0 Å². The van der Waals surface area contributed by atoms with Crippen molar-refractivity contribution in [1.29, 1.82) is 0 Å². The zero-order valence-electron chi connectivity index (χ0n) is 10.00. The Bertz CT molecular complexity index is 448. The normalized spacial score (nSPS) is 13.9. The number of rotatable bonds is 5. The van der Waals surface area contributed by atoms with Crippen molar-refractivity contribution in [3.63, 3.8) is 0 Å². The first-order chi connectivity index (χ1) is 7.86. The molecule has 0 bridgehead atoms. The fourth-order valence-electron chi connectivity index (χ4n) is 1.46. The number of hydrogen-bond donors (Lipinski definition) is 2. The summed E-state index contributed by atoms with van der Waals surface area (Å²) in [6, 6.07) is 6.61. The second kappa shape index (κ2) is 5.62. The number of aliphatic hydroxyl groups is 2. The second-order valence-electron chi connectivity index (χ2n) is 4.34. The van der Waals surface area contributed by atoms with E-state index >= 15 is 0 Å². The Morgan fingerprint density at radius 3 is 2.12 bits per heavy atom. The van der Waals surface area contributed by atoms with Crippen LogP contribution in [0.15, 0.2) is 29.2 Å². The third-order valence-electron chi connectivity index (χ3n) is 2.53. The van der Waals surface area contributed by atoms with Crippen molar-refractivity contribution in [1.82, 2.24) is 0 Å². The minimum atomic E-state index is -3.52. The van der Waals surface area contributed by atoms with Crippen LogP contribution < -0.4 is 0 Å². The van der Waals surface area contributed by atoms with Crippen LogP contribution in [0.1, 0.15) is 25.3 Å². The molecule has 1 aromatic carbocycles. The molecule has 0 aliphatic rings. The second-order valence-corrected chi connectivity index (χ2v) is 6.38. The molecule has 0 radical (unpaired) electrons. The summed E-state index contributed by atoms with van der Waals surface area (Å²) >= 11 is 0. The Morgan fingerprint density at radius 2 is 1.71 bits per heavy atom. The van der Waals surface area contributed by atoms with E-state index in [1.165, 1.54) is 12.1 Å². The van der Waals surface area contributed by atoms with Gasteiger partial charge in [0.25, 0.3) is 0 Å². The quantitative estimate of drug-likeness (QED) is 0.824. The molecule has 17 heavy (non-hydrogen) atoms. The zero-order chi connectivity index (χ0) is 13.1. The van der Waals surface area contributed by atoms with Crippen LogP contribution in [0.3, 0.4) is 0 Å². The van der Waals surface area contributed by atoms with Crippen LogP contribution in [0.25, 0.3) is 0 Å². The van der Waals surface area contributed by atoms with Crippen LogP contribution in [-0.2, 0) is 9.84 Å². The summed E-state index contributed by atoms with van der Waals surface area (Å²) in [6.45, 7) is 3.50.